The zero-order chi connectivity index (χ0) is 16.1. The van der Waals surface area contributed by atoms with Crippen molar-refractivity contribution in [3.8, 4) is 6.07 Å². The van der Waals surface area contributed by atoms with Crippen LogP contribution in [0, 0.1) is 11.3 Å². The number of hydrogen-bond acceptors (Lipinski definition) is 6. The van der Waals surface area contributed by atoms with E-state index in [1.165, 1.54) is 43.9 Å². The van der Waals surface area contributed by atoms with Crippen molar-refractivity contribution in [3.05, 3.63) is 0 Å². The number of thioether (sulfide) groups is 1. The van der Waals surface area contributed by atoms with E-state index in [9.17, 15) is 4.79 Å². The van der Waals surface area contributed by atoms with E-state index in [4.69, 9.17) is 5.26 Å². The minimum absolute atomic E-state index is 0.0601. The first-order chi connectivity index (χ1) is 11.3. The predicted molar refractivity (Wildman–Crippen MR) is 88.3 cm³/mol. The average Bonchev–Trinajstić information content (AvgIpc) is 3.33. The standard InChI is InChI=1S/C15H22N6OS/c16-7-4-8-17-13(22)11-23-15-19-18-14(21(15)12-5-6-12)20-9-2-1-3-10-20/h12H,1-6,8-11H2,(H,17,22). The maximum atomic E-state index is 11.8. The molecule has 0 aromatic carbocycles. The minimum Gasteiger partial charge on any atom is -0.354 e. The van der Waals surface area contributed by atoms with Crippen LogP contribution in [-0.2, 0) is 4.79 Å². The van der Waals surface area contributed by atoms with Crippen LogP contribution in [0.25, 0.3) is 0 Å². The summed E-state index contributed by atoms with van der Waals surface area (Å²) < 4.78 is 2.22. The van der Waals surface area contributed by atoms with Crippen LogP contribution in [0.5, 0.6) is 0 Å². The first-order valence-electron chi connectivity index (χ1n) is 8.26. The van der Waals surface area contributed by atoms with Crippen molar-refractivity contribution in [1.82, 2.24) is 20.1 Å². The molecule has 1 N–H and O–H groups in total. The fraction of sp³-hybridized carbons (Fsp3) is 0.733. The third kappa shape index (κ3) is 4.16. The Morgan fingerprint density at radius 1 is 1.30 bits per heavy atom. The highest BCUT2D eigenvalue weighted by Gasteiger charge is 2.32. The van der Waals surface area contributed by atoms with Crippen LogP contribution in [0.15, 0.2) is 5.16 Å². The van der Waals surface area contributed by atoms with Crippen LogP contribution < -0.4 is 10.2 Å². The smallest absolute Gasteiger partial charge is 0.230 e. The Morgan fingerprint density at radius 3 is 2.78 bits per heavy atom. The number of amides is 1. The van der Waals surface area contributed by atoms with Gasteiger partial charge < -0.3 is 10.2 Å². The Balaban J connectivity index is 1.62. The van der Waals surface area contributed by atoms with Gasteiger partial charge >= 0.3 is 0 Å². The number of piperidine rings is 1. The van der Waals surface area contributed by atoms with Gasteiger partial charge in [0.05, 0.1) is 18.2 Å². The Kier molecular flexibility index (Phi) is 5.39. The largest absolute Gasteiger partial charge is 0.354 e. The van der Waals surface area contributed by atoms with E-state index < -0.39 is 0 Å². The van der Waals surface area contributed by atoms with Gasteiger partial charge in [-0.25, -0.2) is 0 Å². The molecule has 0 spiro atoms. The van der Waals surface area contributed by atoms with Crippen LogP contribution in [0.2, 0.25) is 0 Å². The van der Waals surface area contributed by atoms with Gasteiger partial charge in [0.25, 0.3) is 0 Å². The molecule has 0 unspecified atom stereocenters. The molecule has 0 atom stereocenters. The molecule has 2 aliphatic rings. The van der Waals surface area contributed by atoms with Crippen LogP contribution in [0.3, 0.4) is 0 Å². The van der Waals surface area contributed by atoms with E-state index in [1.54, 1.807) is 0 Å². The Bertz CT molecular complexity index is 585. The topological polar surface area (TPSA) is 86.8 Å². The molecule has 7 nitrogen and oxygen atoms in total. The summed E-state index contributed by atoms with van der Waals surface area (Å²) in [4.78, 5) is 14.1. The summed E-state index contributed by atoms with van der Waals surface area (Å²) in [5.74, 6) is 1.23. The number of anilines is 1. The van der Waals surface area contributed by atoms with Gasteiger partial charge in [-0.2, -0.15) is 5.26 Å². The van der Waals surface area contributed by atoms with Gasteiger partial charge in [0.15, 0.2) is 5.16 Å². The second-order valence-electron chi connectivity index (χ2n) is 5.98. The quantitative estimate of drug-likeness (QED) is 0.603. The van der Waals surface area contributed by atoms with E-state index >= 15 is 0 Å². The van der Waals surface area contributed by atoms with E-state index in [1.807, 2.05) is 6.07 Å². The van der Waals surface area contributed by atoms with Crippen molar-refractivity contribution < 1.29 is 4.79 Å². The summed E-state index contributed by atoms with van der Waals surface area (Å²) >= 11 is 1.43. The summed E-state index contributed by atoms with van der Waals surface area (Å²) in [7, 11) is 0. The number of nitrogens with zero attached hydrogens (tertiary/aromatic N) is 5. The molecule has 124 valence electrons. The van der Waals surface area contributed by atoms with Crippen LogP contribution in [0.1, 0.15) is 44.6 Å². The predicted octanol–water partition coefficient (Wildman–Crippen LogP) is 1.73. The van der Waals surface area contributed by atoms with Crippen LogP contribution in [0.4, 0.5) is 5.95 Å². The number of carbonyl (C=O) groups excluding carboxylic acids is 1. The summed E-state index contributed by atoms with van der Waals surface area (Å²) in [5.41, 5.74) is 0. The third-order valence-electron chi connectivity index (χ3n) is 4.09. The molecule has 2 heterocycles. The lowest BCUT2D eigenvalue weighted by molar-refractivity contribution is -0.118. The van der Waals surface area contributed by atoms with Crippen LogP contribution >= 0.6 is 11.8 Å². The number of rotatable bonds is 7. The molecule has 1 aliphatic heterocycles. The normalized spacial score (nSPS) is 17.8. The maximum absolute atomic E-state index is 11.8. The second kappa shape index (κ2) is 7.68. The molecule has 0 bridgehead atoms. The lowest BCUT2D eigenvalue weighted by atomic mass is 10.1. The zero-order valence-electron chi connectivity index (χ0n) is 13.2. The number of nitriles is 1. The highest BCUT2D eigenvalue weighted by Crippen LogP contribution is 2.41. The monoisotopic (exact) mass is 334 g/mol. The molecule has 1 aromatic heterocycles. The maximum Gasteiger partial charge on any atom is 0.230 e. The van der Waals surface area contributed by atoms with Gasteiger partial charge in [0.2, 0.25) is 11.9 Å². The lowest BCUT2D eigenvalue weighted by Gasteiger charge is -2.27. The van der Waals surface area contributed by atoms with Gasteiger partial charge in [-0.1, -0.05) is 11.8 Å². The van der Waals surface area contributed by atoms with Gasteiger partial charge in [-0.3, -0.25) is 9.36 Å². The Hall–Kier alpha value is -1.75. The fourth-order valence-electron chi connectivity index (χ4n) is 2.77. The number of hydrogen-bond donors (Lipinski definition) is 1. The highest BCUT2D eigenvalue weighted by atomic mass is 32.2. The van der Waals surface area contributed by atoms with Gasteiger partial charge in [0.1, 0.15) is 0 Å². The second-order valence-corrected chi connectivity index (χ2v) is 6.92. The zero-order valence-corrected chi connectivity index (χ0v) is 14.0. The Morgan fingerprint density at radius 2 is 2.09 bits per heavy atom. The Labute approximate surface area is 140 Å². The molecular weight excluding hydrogens is 312 g/mol. The molecule has 1 saturated heterocycles. The molecule has 1 aliphatic carbocycles. The lowest BCUT2D eigenvalue weighted by Crippen LogP contribution is -2.32. The average molecular weight is 334 g/mol. The SMILES string of the molecule is N#CCCNC(=O)CSc1nnc(N2CCCCC2)n1C1CC1. The van der Waals surface area contributed by atoms with E-state index in [-0.39, 0.29) is 5.91 Å². The molecular formula is C15H22N6OS. The third-order valence-corrected chi connectivity index (χ3v) is 5.03. The molecule has 8 heteroatoms. The summed E-state index contributed by atoms with van der Waals surface area (Å²) in [6.07, 6.45) is 6.39. The molecule has 3 rings (SSSR count). The molecule has 23 heavy (non-hydrogen) atoms. The van der Waals surface area contributed by atoms with Crippen molar-refractivity contribution in [2.75, 3.05) is 30.3 Å². The fourth-order valence-corrected chi connectivity index (χ4v) is 3.60. The highest BCUT2D eigenvalue weighted by molar-refractivity contribution is 7.99. The van der Waals surface area contributed by atoms with Gasteiger partial charge in [-0.15, -0.1) is 10.2 Å². The van der Waals surface area contributed by atoms with Crippen molar-refractivity contribution in [3.63, 3.8) is 0 Å². The summed E-state index contributed by atoms with van der Waals surface area (Å²) in [6.45, 7) is 2.50. The molecule has 1 aromatic rings. The minimum atomic E-state index is -0.0601. The van der Waals surface area contributed by atoms with Crippen molar-refractivity contribution in [2.45, 2.75) is 49.7 Å². The first-order valence-corrected chi connectivity index (χ1v) is 9.24. The van der Waals surface area contributed by atoms with Gasteiger partial charge in [-0.05, 0) is 32.1 Å². The summed E-state index contributed by atoms with van der Waals surface area (Å²) in [5, 5.41) is 20.8. The van der Waals surface area contributed by atoms with E-state index in [0.717, 1.165) is 24.2 Å². The van der Waals surface area contributed by atoms with Gasteiger partial charge in [0, 0.05) is 25.7 Å². The molecule has 1 amide bonds. The number of nitrogens with one attached hydrogen (secondary N) is 1. The van der Waals surface area contributed by atoms with E-state index in [2.05, 4.69) is 25.0 Å². The molecule has 1 saturated carbocycles. The first kappa shape index (κ1) is 16.1. The van der Waals surface area contributed by atoms with Crippen molar-refractivity contribution in [1.29, 1.82) is 5.26 Å². The number of aromatic nitrogens is 3. The van der Waals surface area contributed by atoms with Crippen molar-refractivity contribution in [2.24, 2.45) is 0 Å². The molecule has 0 radical (unpaired) electrons. The van der Waals surface area contributed by atoms with Crippen molar-refractivity contribution >= 4 is 23.6 Å². The van der Waals surface area contributed by atoms with Crippen LogP contribution in [-0.4, -0.2) is 46.1 Å². The number of carbonyl (C=O) groups is 1. The van der Waals surface area contributed by atoms with E-state index in [0.29, 0.717) is 24.8 Å². The summed E-state index contributed by atoms with van der Waals surface area (Å²) in [6, 6.07) is 2.51. The molecule has 2 fully saturated rings.